The number of nitrogens with one attached hydrogen (secondary N) is 3. The van der Waals surface area contributed by atoms with Crippen molar-refractivity contribution in [1.29, 1.82) is 0 Å². The molecule has 64 heavy (non-hydrogen) atoms. The molecule has 3 heterocycles. The van der Waals surface area contributed by atoms with Crippen LogP contribution in [0.3, 0.4) is 0 Å². The molecule has 8 atom stereocenters. The zero-order valence-electron chi connectivity index (χ0n) is 33.2. The number of aliphatic carboxylic acids is 3. The molecule has 0 aromatic carbocycles. The Morgan fingerprint density at radius 1 is 0.953 bits per heavy atom. The van der Waals surface area contributed by atoms with Crippen LogP contribution < -0.4 is 21.7 Å². The summed E-state index contributed by atoms with van der Waals surface area (Å²) in [6.07, 6.45) is -2.00. The van der Waals surface area contributed by atoms with Gasteiger partial charge in [-0.1, -0.05) is 40.4 Å². The third kappa shape index (κ3) is 18.4. The Morgan fingerprint density at radius 3 is 2.23 bits per heavy atom. The van der Waals surface area contributed by atoms with Crippen LogP contribution in [0.4, 0.5) is 5.82 Å². The van der Waals surface area contributed by atoms with Crippen LogP contribution in [-0.4, -0.2) is 139 Å². The maximum Gasteiger partial charge on any atom is 0.490 e. The minimum Gasteiger partial charge on any atom is -0.481 e. The quantitative estimate of drug-likeness (QED) is 0.0248. The van der Waals surface area contributed by atoms with Gasteiger partial charge in [-0.15, -0.1) is 0 Å². The second kappa shape index (κ2) is 24.4. The van der Waals surface area contributed by atoms with E-state index in [1.807, 2.05) is 5.32 Å². The van der Waals surface area contributed by atoms with Crippen molar-refractivity contribution in [2.45, 2.75) is 76.0 Å². The highest BCUT2D eigenvalue weighted by molar-refractivity contribution is 8.76. The first-order valence-corrected chi connectivity index (χ1v) is 25.3. The number of carbonyl (C=O) groups is 6. The molecule has 1 saturated heterocycles. The number of amides is 3. The SMILES string of the molecule is CC(CCCSSCCC(=O)NCC#Cc1cn([C@H]2CC(O)[C@@H](COP(=O)(O)OP(=O)(O)OP(=O)(O)O)O2)c2ncnc(N)c12)C(=O)NC(CC(=O)O)C(=O)NC(CC(=O)O)C(=O)O. The minimum absolute atomic E-state index is 0.0319. The first-order chi connectivity index (χ1) is 29.8. The highest BCUT2D eigenvalue weighted by atomic mass is 33.1. The molecular weight excluding hydrogens is 963 g/mol. The molecule has 13 N–H and O–H groups in total. The number of carboxylic acid groups (broad SMARTS) is 3. The van der Waals surface area contributed by atoms with Crippen LogP contribution in [0.2, 0.25) is 0 Å². The topological polar surface area (TPSA) is 445 Å². The fraction of sp³-hybridized carbons (Fsp3) is 0.548. The molecule has 0 radical (unpaired) electrons. The van der Waals surface area contributed by atoms with Crippen LogP contribution in [0, 0.1) is 17.8 Å². The van der Waals surface area contributed by atoms with Crippen molar-refractivity contribution < 1.29 is 100 Å². The maximum atomic E-state index is 12.7. The van der Waals surface area contributed by atoms with Gasteiger partial charge in [0.25, 0.3) is 0 Å². The van der Waals surface area contributed by atoms with Crippen LogP contribution in [0.5, 0.6) is 0 Å². The smallest absolute Gasteiger partial charge is 0.481 e. The van der Waals surface area contributed by atoms with Crippen molar-refractivity contribution in [3.63, 3.8) is 0 Å². The Labute approximate surface area is 369 Å². The molecule has 1 aliphatic heterocycles. The van der Waals surface area contributed by atoms with Crippen molar-refractivity contribution in [3.05, 3.63) is 18.1 Å². The molecule has 3 amide bonds. The predicted molar refractivity (Wildman–Crippen MR) is 220 cm³/mol. The van der Waals surface area contributed by atoms with E-state index in [0.29, 0.717) is 35.3 Å². The van der Waals surface area contributed by atoms with Crippen molar-refractivity contribution in [1.82, 2.24) is 30.5 Å². The molecule has 0 spiro atoms. The Bertz CT molecular complexity index is 2250. The number of aliphatic hydroxyl groups excluding tert-OH is 1. The molecule has 2 aromatic rings. The van der Waals surface area contributed by atoms with Crippen LogP contribution in [0.15, 0.2) is 12.5 Å². The van der Waals surface area contributed by atoms with Gasteiger partial charge < -0.3 is 71.0 Å². The van der Waals surface area contributed by atoms with E-state index in [0.717, 1.165) is 6.33 Å². The van der Waals surface area contributed by atoms with Gasteiger partial charge in [0.1, 0.15) is 42.2 Å². The molecule has 33 heteroatoms. The van der Waals surface area contributed by atoms with E-state index in [1.54, 1.807) is 6.92 Å². The number of aromatic nitrogens is 3. The van der Waals surface area contributed by atoms with E-state index in [2.05, 4.69) is 45.6 Å². The maximum absolute atomic E-state index is 12.7. The number of nitrogens with two attached hydrogens (primary N) is 1. The first kappa shape index (κ1) is 54.2. The van der Waals surface area contributed by atoms with E-state index in [4.69, 9.17) is 35.6 Å². The molecule has 1 fully saturated rings. The number of carboxylic acids is 3. The predicted octanol–water partition coefficient (Wildman–Crippen LogP) is -0.336. The van der Waals surface area contributed by atoms with Crippen LogP contribution >= 0.6 is 45.1 Å². The molecule has 28 nitrogen and oxygen atoms in total. The van der Waals surface area contributed by atoms with Gasteiger partial charge in [-0.3, -0.25) is 28.5 Å². The van der Waals surface area contributed by atoms with E-state index in [-0.39, 0.29) is 36.8 Å². The van der Waals surface area contributed by atoms with E-state index < -0.39 is 109 Å². The number of anilines is 1. The van der Waals surface area contributed by atoms with Crippen molar-refractivity contribution in [2.24, 2.45) is 5.92 Å². The summed E-state index contributed by atoms with van der Waals surface area (Å²) in [6.45, 7) is 0.577. The van der Waals surface area contributed by atoms with Gasteiger partial charge in [-0.25, -0.2) is 28.5 Å². The monoisotopic (exact) mass is 1010 g/mol. The van der Waals surface area contributed by atoms with Gasteiger partial charge in [-0.05, 0) is 12.8 Å². The number of hydrogen-bond donors (Lipinski definition) is 12. The summed E-state index contributed by atoms with van der Waals surface area (Å²) in [4.78, 5) is 116. The van der Waals surface area contributed by atoms with Gasteiger partial charge in [-0.2, -0.15) is 8.62 Å². The second-order valence-electron chi connectivity index (χ2n) is 13.4. The molecule has 0 saturated carbocycles. The molecule has 3 rings (SSSR count). The average Bonchev–Trinajstić information content (AvgIpc) is 3.73. The standard InChI is InChI=1S/C31H44N7O21P3S2/c1-16(29(45)36-18(10-24(41)42)30(46)37-19(31(47)48)11-25(43)44)4-3-8-63-64-9-6-22(40)33-7-2-5-17-13-38(28-26(17)27(32)34-15-35-28)23-12-20(39)21(57-23)14-56-61(52,53)59-62(54,55)58-60(49,50)51/h13,15-16,18-21,23,39H,3-4,6-12,14H2,1H3,(H,33,40)(H,36,45)(H,37,46)(H,41,42)(H,43,44)(H,47,48)(H,52,53)(H,54,55)(H2,32,34,35)(H2,49,50,51)/t16?,18?,19?,20?,21-,23-/m1/s1. The zero-order valence-corrected chi connectivity index (χ0v) is 37.5. The fourth-order valence-corrected chi connectivity index (χ4v) is 10.6. The van der Waals surface area contributed by atoms with Gasteiger partial charge >= 0.3 is 41.4 Å². The Kier molecular flexibility index (Phi) is 20.6. The normalized spacial score (nSPS) is 19.5. The number of nitrogen functional groups attached to an aromatic ring is 1. The lowest BCUT2D eigenvalue weighted by molar-refractivity contribution is -0.148. The largest absolute Gasteiger partial charge is 0.490 e. The Hall–Kier alpha value is -4.17. The summed E-state index contributed by atoms with van der Waals surface area (Å²) in [6, 6.07) is -3.49. The summed E-state index contributed by atoms with van der Waals surface area (Å²) in [5, 5.41) is 44.9. The number of ether oxygens (including phenoxy) is 1. The summed E-state index contributed by atoms with van der Waals surface area (Å²) < 4.78 is 53.7. The molecule has 6 unspecified atom stereocenters. The number of phosphoric ester groups is 1. The molecule has 1 aliphatic rings. The lowest BCUT2D eigenvalue weighted by Crippen LogP contribution is -2.53. The molecule has 356 valence electrons. The summed E-state index contributed by atoms with van der Waals surface area (Å²) in [7, 11) is -14.0. The Morgan fingerprint density at radius 2 is 1.59 bits per heavy atom. The van der Waals surface area contributed by atoms with Crippen LogP contribution in [0.25, 0.3) is 11.0 Å². The highest BCUT2D eigenvalue weighted by Crippen LogP contribution is 2.66. The fourth-order valence-electron chi connectivity index (χ4n) is 5.48. The number of phosphoric acid groups is 3. The molecule has 0 bridgehead atoms. The highest BCUT2D eigenvalue weighted by Gasteiger charge is 2.43. The molecular formula is C31H44N7O21P3S2. The van der Waals surface area contributed by atoms with E-state index in [1.165, 1.54) is 32.4 Å². The third-order valence-corrected chi connectivity index (χ3v) is 14.7. The molecule has 2 aromatic heterocycles. The lowest BCUT2D eigenvalue weighted by Gasteiger charge is -2.21. The number of hydrogen-bond acceptors (Lipinski definition) is 19. The van der Waals surface area contributed by atoms with Crippen LogP contribution in [-0.2, 0) is 60.3 Å². The van der Waals surface area contributed by atoms with Gasteiger partial charge in [0.05, 0.1) is 43.0 Å². The summed E-state index contributed by atoms with van der Waals surface area (Å²) in [5.41, 5.74) is 6.62. The van der Waals surface area contributed by atoms with E-state index >= 15 is 0 Å². The molecule has 0 aliphatic carbocycles. The average molecular weight is 1010 g/mol. The lowest BCUT2D eigenvalue weighted by atomic mass is 10.0. The van der Waals surface area contributed by atoms with Crippen LogP contribution in [0.1, 0.15) is 57.2 Å². The van der Waals surface area contributed by atoms with Crippen molar-refractivity contribution in [2.75, 3.05) is 30.4 Å². The second-order valence-corrected chi connectivity index (χ2v) is 20.5. The van der Waals surface area contributed by atoms with Gasteiger partial charge in [0.2, 0.25) is 17.7 Å². The zero-order chi connectivity index (χ0) is 48.0. The van der Waals surface area contributed by atoms with Crippen molar-refractivity contribution in [3.8, 4) is 11.8 Å². The number of nitrogens with zero attached hydrogens (tertiary/aromatic N) is 3. The number of aliphatic hydroxyl groups is 1. The summed E-state index contributed by atoms with van der Waals surface area (Å²) in [5.74, 6) is -0.761. The third-order valence-electron chi connectivity index (χ3n) is 8.38. The number of rotatable bonds is 26. The van der Waals surface area contributed by atoms with Crippen molar-refractivity contribution >= 4 is 97.5 Å². The Balaban J connectivity index is 1.44. The first-order valence-electron chi connectivity index (χ1n) is 18.3. The van der Waals surface area contributed by atoms with Gasteiger partial charge in [0, 0.05) is 36.5 Å². The number of fused-ring (bicyclic) bond motifs is 1. The minimum atomic E-state index is -5.77. The van der Waals surface area contributed by atoms with E-state index in [9.17, 15) is 57.4 Å². The van der Waals surface area contributed by atoms with Gasteiger partial charge in [0.15, 0.2) is 0 Å². The number of carbonyl (C=O) groups excluding carboxylic acids is 3. The summed E-state index contributed by atoms with van der Waals surface area (Å²) >= 11 is 0.